The summed E-state index contributed by atoms with van der Waals surface area (Å²) in [6.45, 7) is 3.72. The van der Waals surface area contributed by atoms with E-state index in [1.54, 1.807) is 18.2 Å². The van der Waals surface area contributed by atoms with Crippen LogP contribution in [0.5, 0.6) is 0 Å². The van der Waals surface area contributed by atoms with E-state index in [1.165, 1.54) is 24.3 Å². The van der Waals surface area contributed by atoms with Gasteiger partial charge in [0.25, 0.3) is 11.6 Å². The van der Waals surface area contributed by atoms with Crippen LogP contribution in [0.25, 0.3) is 0 Å². The molecule has 0 aliphatic heterocycles. The Morgan fingerprint density at radius 3 is 2.42 bits per heavy atom. The van der Waals surface area contributed by atoms with Gasteiger partial charge < -0.3 is 10.6 Å². The van der Waals surface area contributed by atoms with Gasteiger partial charge in [-0.25, -0.2) is 8.42 Å². The Hall–Kier alpha value is -3.47. The number of hydrogen-bond donors (Lipinski definition) is 2. The fourth-order valence-electron chi connectivity index (χ4n) is 2.66. The number of anilines is 2. The van der Waals surface area contributed by atoms with E-state index in [0.717, 1.165) is 16.6 Å². The number of nitro groups is 1. The van der Waals surface area contributed by atoms with Gasteiger partial charge in [-0.2, -0.15) is 0 Å². The number of nitrogens with one attached hydrogen (secondary N) is 2. The Balaban J connectivity index is 2.24. The van der Waals surface area contributed by atoms with Crippen LogP contribution in [-0.2, 0) is 14.8 Å². The van der Waals surface area contributed by atoms with Gasteiger partial charge in [0.05, 0.1) is 28.1 Å². The first-order chi connectivity index (χ1) is 14.5. The van der Waals surface area contributed by atoms with Gasteiger partial charge in [-0.3, -0.25) is 24.0 Å². The van der Waals surface area contributed by atoms with Crippen molar-refractivity contribution in [2.45, 2.75) is 13.8 Å². The predicted molar refractivity (Wildman–Crippen MR) is 118 cm³/mol. The van der Waals surface area contributed by atoms with Crippen molar-refractivity contribution in [2.75, 3.05) is 29.0 Å². The molecule has 11 heteroatoms. The molecule has 0 aliphatic carbocycles. The molecule has 0 heterocycles. The van der Waals surface area contributed by atoms with Crippen molar-refractivity contribution >= 4 is 38.9 Å². The van der Waals surface area contributed by atoms with Gasteiger partial charge in [-0.1, -0.05) is 32.0 Å². The zero-order valence-electron chi connectivity index (χ0n) is 17.4. The maximum absolute atomic E-state index is 12.6. The molecule has 0 aliphatic rings. The third kappa shape index (κ3) is 6.78. The lowest BCUT2D eigenvalue weighted by atomic mass is 10.1. The Kier molecular flexibility index (Phi) is 7.70. The third-order valence-electron chi connectivity index (χ3n) is 4.13. The van der Waals surface area contributed by atoms with Crippen molar-refractivity contribution < 1.29 is 22.9 Å². The molecule has 0 fully saturated rings. The number of nitrogens with zero attached hydrogens (tertiary/aromatic N) is 2. The van der Waals surface area contributed by atoms with Gasteiger partial charge in [0.2, 0.25) is 15.9 Å². The summed E-state index contributed by atoms with van der Waals surface area (Å²) in [5.41, 5.74) is 0.132. The maximum atomic E-state index is 12.6. The van der Waals surface area contributed by atoms with Gasteiger partial charge in [0.15, 0.2) is 0 Å². The standard InChI is InChI=1S/C20H24N4O6S/c1-14(2)12-21-20(26)17-9-4-5-10-18(17)22-19(25)13-23(31(3,29)30)15-7-6-8-16(11-15)24(27)28/h4-11,14H,12-13H2,1-3H3,(H,21,26)(H,22,25). The molecule has 0 saturated heterocycles. The summed E-state index contributed by atoms with van der Waals surface area (Å²) in [6, 6.07) is 11.3. The van der Waals surface area contributed by atoms with Crippen molar-refractivity contribution in [1.29, 1.82) is 0 Å². The Bertz CT molecular complexity index is 1080. The molecule has 2 aromatic carbocycles. The van der Waals surface area contributed by atoms with E-state index in [4.69, 9.17) is 0 Å². The number of carbonyl (C=O) groups excluding carboxylic acids is 2. The fraction of sp³-hybridized carbons (Fsp3) is 0.300. The molecule has 31 heavy (non-hydrogen) atoms. The van der Waals surface area contributed by atoms with Crippen LogP contribution < -0.4 is 14.9 Å². The number of hydrogen-bond acceptors (Lipinski definition) is 6. The SMILES string of the molecule is CC(C)CNC(=O)c1ccccc1NC(=O)CN(c1cccc([N+](=O)[O-])c1)S(C)(=O)=O. The molecule has 0 spiro atoms. The number of rotatable bonds is 9. The number of carbonyl (C=O) groups is 2. The minimum absolute atomic E-state index is 0.0187. The number of non-ortho nitro benzene ring substituents is 1. The van der Waals surface area contributed by atoms with Crippen molar-refractivity contribution in [3.8, 4) is 0 Å². The Morgan fingerprint density at radius 2 is 1.81 bits per heavy atom. The molecule has 2 aromatic rings. The van der Waals surface area contributed by atoms with Crippen molar-refractivity contribution in [3.05, 3.63) is 64.2 Å². The van der Waals surface area contributed by atoms with Gasteiger partial charge in [0.1, 0.15) is 6.54 Å². The summed E-state index contributed by atoms with van der Waals surface area (Å²) in [4.78, 5) is 35.4. The normalized spacial score (nSPS) is 11.1. The van der Waals surface area contributed by atoms with Crippen LogP contribution in [-0.4, -0.2) is 44.5 Å². The molecule has 2 amide bonds. The highest BCUT2D eigenvalue weighted by atomic mass is 32.2. The van der Waals surface area contributed by atoms with Crippen LogP contribution in [0.3, 0.4) is 0 Å². The van der Waals surface area contributed by atoms with Gasteiger partial charge in [-0.15, -0.1) is 0 Å². The van der Waals surface area contributed by atoms with E-state index in [1.807, 2.05) is 13.8 Å². The summed E-state index contributed by atoms with van der Waals surface area (Å²) >= 11 is 0. The van der Waals surface area contributed by atoms with E-state index in [-0.39, 0.29) is 34.5 Å². The predicted octanol–water partition coefficient (Wildman–Crippen LogP) is 2.39. The molecule has 0 radical (unpaired) electrons. The number of benzene rings is 2. The minimum Gasteiger partial charge on any atom is -0.352 e. The monoisotopic (exact) mass is 448 g/mol. The van der Waals surface area contributed by atoms with Crippen LogP contribution in [0.2, 0.25) is 0 Å². The molecule has 0 saturated carbocycles. The second kappa shape index (κ2) is 10.0. The lowest BCUT2D eigenvalue weighted by Gasteiger charge is -2.22. The van der Waals surface area contributed by atoms with E-state index in [0.29, 0.717) is 6.54 Å². The fourth-order valence-corrected chi connectivity index (χ4v) is 3.51. The molecule has 2 rings (SSSR count). The molecule has 0 aromatic heterocycles. The molecular weight excluding hydrogens is 424 g/mol. The molecule has 166 valence electrons. The Labute approximate surface area is 180 Å². The van der Waals surface area contributed by atoms with Crippen molar-refractivity contribution in [2.24, 2.45) is 5.92 Å². The highest BCUT2D eigenvalue weighted by molar-refractivity contribution is 7.92. The summed E-state index contributed by atoms with van der Waals surface area (Å²) < 4.78 is 25.2. The number of nitro benzene ring substituents is 1. The summed E-state index contributed by atoms with van der Waals surface area (Å²) in [5.74, 6) is -0.840. The summed E-state index contributed by atoms with van der Waals surface area (Å²) in [7, 11) is -3.92. The Morgan fingerprint density at radius 1 is 1.13 bits per heavy atom. The van der Waals surface area contributed by atoms with Crippen LogP contribution in [0, 0.1) is 16.0 Å². The zero-order chi connectivity index (χ0) is 23.2. The summed E-state index contributed by atoms with van der Waals surface area (Å²) in [6.07, 6.45) is 0.895. The zero-order valence-corrected chi connectivity index (χ0v) is 18.2. The van der Waals surface area contributed by atoms with E-state index in [2.05, 4.69) is 10.6 Å². The molecule has 0 unspecified atom stereocenters. The van der Waals surface area contributed by atoms with Gasteiger partial charge >= 0.3 is 0 Å². The topological polar surface area (TPSA) is 139 Å². The molecular formula is C20H24N4O6S. The van der Waals surface area contributed by atoms with E-state index < -0.39 is 27.4 Å². The quantitative estimate of drug-likeness (QED) is 0.446. The van der Waals surface area contributed by atoms with Crippen LogP contribution >= 0.6 is 0 Å². The van der Waals surface area contributed by atoms with Crippen molar-refractivity contribution in [3.63, 3.8) is 0 Å². The minimum atomic E-state index is -3.92. The van der Waals surface area contributed by atoms with Gasteiger partial charge in [-0.05, 0) is 24.1 Å². The highest BCUT2D eigenvalue weighted by Gasteiger charge is 2.23. The first-order valence-corrected chi connectivity index (χ1v) is 11.2. The lowest BCUT2D eigenvalue weighted by molar-refractivity contribution is -0.384. The maximum Gasteiger partial charge on any atom is 0.271 e. The van der Waals surface area contributed by atoms with Crippen LogP contribution in [0.15, 0.2) is 48.5 Å². The summed E-state index contributed by atoms with van der Waals surface area (Å²) in [5, 5.41) is 16.3. The number of para-hydroxylation sites is 1. The highest BCUT2D eigenvalue weighted by Crippen LogP contribution is 2.23. The number of amides is 2. The molecule has 2 N–H and O–H groups in total. The van der Waals surface area contributed by atoms with Crippen LogP contribution in [0.1, 0.15) is 24.2 Å². The lowest BCUT2D eigenvalue weighted by Crippen LogP contribution is -2.38. The number of sulfonamides is 1. The first-order valence-electron chi connectivity index (χ1n) is 9.38. The van der Waals surface area contributed by atoms with E-state index in [9.17, 15) is 28.1 Å². The smallest absolute Gasteiger partial charge is 0.271 e. The molecule has 10 nitrogen and oxygen atoms in total. The second-order valence-electron chi connectivity index (χ2n) is 7.24. The van der Waals surface area contributed by atoms with Gasteiger partial charge in [0, 0.05) is 18.7 Å². The van der Waals surface area contributed by atoms with Crippen molar-refractivity contribution in [1.82, 2.24) is 5.32 Å². The van der Waals surface area contributed by atoms with Crippen LogP contribution in [0.4, 0.5) is 17.1 Å². The van der Waals surface area contributed by atoms with E-state index >= 15 is 0 Å². The first kappa shape index (κ1) is 23.8. The largest absolute Gasteiger partial charge is 0.352 e. The second-order valence-corrected chi connectivity index (χ2v) is 9.15. The molecule has 0 atom stereocenters. The molecule has 0 bridgehead atoms. The average Bonchev–Trinajstić information content (AvgIpc) is 2.69. The third-order valence-corrected chi connectivity index (χ3v) is 5.27. The average molecular weight is 449 g/mol.